The zero-order valence-corrected chi connectivity index (χ0v) is 15.0. The molecule has 0 saturated carbocycles. The van der Waals surface area contributed by atoms with E-state index in [1.54, 1.807) is 32.0 Å². The number of rotatable bonds is 7. The van der Waals surface area contributed by atoms with Gasteiger partial charge in [0.1, 0.15) is 10.6 Å². The van der Waals surface area contributed by atoms with E-state index in [1.165, 1.54) is 0 Å². The van der Waals surface area contributed by atoms with Gasteiger partial charge in [-0.2, -0.15) is 17.6 Å². The Hall–Kier alpha value is -1.82. The summed E-state index contributed by atoms with van der Waals surface area (Å²) < 4.78 is 32.7. The Morgan fingerprint density at radius 1 is 1.13 bits per heavy atom. The summed E-state index contributed by atoms with van der Waals surface area (Å²) in [6.45, 7) is 7.99. The van der Waals surface area contributed by atoms with Crippen molar-refractivity contribution in [1.29, 1.82) is 0 Å². The molecule has 126 valence electrons. The molecule has 1 aromatic heterocycles. The van der Waals surface area contributed by atoms with Crippen LogP contribution in [0.1, 0.15) is 43.1 Å². The van der Waals surface area contributed by atoms with Gasteiger partial charge in [-0.1, -0.05) is 25.8 Å². The Kier molecular flexibility index (Phi) is 5.46. The quantitative estimate of drug-likeness (QED) is 0.725. The number of ether oxygens (including phenoxy) is 1. The molecule has 0 fully saturated rings. The van der Waals surface area contributed by atoms with E-state index in [-0.39, 0.29) is 4.90 Å². The van der Waals surface area contributed by atoms with E-state index in [2.05, 4.69) is 12.0 Å². The van der Waals surface area contributed by atoms with Crippen molar-refractivity contribution in [2.45, 2.75) is 51.9 Å². The largest absolute Gasteiger partial charge is 0.492 e. The minimum Gasteiger partial charge on any atom is -0.492 e. The van der Waals surface area contributed by atoms with Crippen LogP contribution >= 0.6 is 0 Å². The fourth-order valence-corrected chi connectivity index (χ4v) is 3.99. The van der Waals surface area contributed by atoms with Crippen LogP contribution in [-0.2, 0) is 10.0 Å². The summed E-state index contributed by atoms with van der Waals surface area (Å²) in [5, 5.41) is 4.11. The number of hydrogen-bond donors (Lipinski definition) is 0. The van der Waals surface area contributed by atoms with Gasteiger partial charge in [-0.3, -0.25) is 0 Å². The number of aromatic nitrogens is 2. The summed E-state index contributed by atoms with van der Waals surface area (Å²) in [6.07, 6.45) is 3.06. The summed E-state index contributed by atoms with van der Waals surface area (Å²) in [7, 11) is -3.76. The first-order valence-electron chi connectivity index (χ1n) is 7.88. The first kappa shape index (κ1) is 17.5. The molecule has 2 rings (SSSR count). The highest BCUT2D eigenvalue weighted by atomic mass is 32.2. The summed E-state index contributed by atoms with van der Waals surface area (Å²) in [5.41, 5.74) is 2.12. The van der Waals surface area contributed by atoms with Gasteiger partial charge in [0.15, 0.2) is 0 Å². The van der Waals surface area contributed by atoms with Crippen molar-refractivity contribution in [3.05, 3.63) is 41.2 Å². The maximum Gasteiger partial charge on any atom is 0.286 e. The molecular formula is C17H24N2O3S. The van der Waals surface area contributed by atoms with Crippen LogP contribution in [0.5, 0.6) is 5.75 Å². The monoisotopic (exact) mass is 336 g/mol. The van der Waals surface area contributed by atoms with Gasteiger partial charge in [0.05, 0.1) is 18.0 Å². The maximum absolute atomic E-state index is 13.0. The van der Waals surface area contributed by atoms with Crippen LogP contribution in [0.4, 0.5) is 0 Å². The Morgan fingerprint density at radius 2 is 1.87 bits per heavy atom. The van der Waals surface area contributed by atoms with E-state index in [0.717, 1.165) is 28.9 Å². The molecule has 0 N–H and O–H groups in total. The first-order chi connectivity index (χ1) is 10.9. The molecule has 0 atom stereocenters. The second-order valence-corrected chi connectivity index (χ2v) is 7.52. The molecule has 23 heavy (non-hydrogen) atoms. The van der Waals surface area contributed by atoms with Crippen molar-refractivity contribution in [3.8, 4) is 5.75 Å². The molecule has 5 nitrogen and oxygen atoms in total. The Balaban J connectivity index is 2.40. The fraction of sp³-hybridized carbons (Fsp3) is 0.471. The van der Waals surface area contributed by atoms with E-state index in [9.17, 15) is 8.42 Å². The molecule has 0 aliphatic heterocycles. The minimum atomic E-state index is -3.76. The van der Waals surface area contributed by atoms with Crippen LogP contribution in [-0.4, -0.2) is 24.2 Å². The van der Waals surface area contributed by atoms with Gasteiger partial charge in [-0.15, -0.1) is 0 Å². The van der Waals surface area contributed by atoms with E-state index in [1.807, 2.05) is 13.0 Å². The molecule has 0 unspecified atom stereocenters. The van der Waals surface area contributed by atoms with Crippen molar-refractivity contribution in [1.82, 2.24) is 9.19 Å². The van der Waals surface area contributed by atoms with Crippen molar-refractivity contribution < 1.29 is 13.2 Å². The van der Waals surface area contributed by atoms with Crippen molar-refractivity contribution in [3.63, 3.8) is 0 Å². The predicted octanol–water partition coefficient (Wildman–Crippen LogP) is 3.61. The Bertz CT molecular complexity index is 779. The minimum absolute atomic E-state index is 0.167. The lowest BCUT2D eigenvalue weighted by Crippen LogP contribution is -2.17. The molecule has 0 saturated heterocycles. The average molecular weight is 336 g/mol. The standard InChI is InChI=1S/C17H24N2O3S/c1-5-6-7-10-22-16-9-8-13(2)11-17(16)23(20,21)19-15(4)12-14(3)18-19/h8-9,11-12H,5-7,10H2,1-4H3. The zero-order chi connectivity index (χ0) is 17.0. The highest BCUT2D eigenvalue weighted by Crippen LogP contribution is 2.28. The lowest BCUT2D eigenvalue weighted by Gasteiger charge is -2.13. The van der Waals surface area contributed by atoms with Gasteiger partial charge in [-0.05, 0) is 51.0 Å². The molecule has 0 aliphatic rings. The Labute approximate surface area is 138 Å². The van der Waals surface area contributed by atoms with Crippen LogP contribution in [0, 0.1) is 20.8 Å². The summed E-state index contributed by atoms with van der Waals surface area (Å²) >= 11 is 0. The van der Waals surface area contributed by atoms with Gasteiger partial charge in [0, 0.05) is 0 Å². The van der Waals surface area contributed by atoms with Gasteiger partial charge in [0.2, 0.25) is 0 Å². The van der Waals surface area contributed by atoms with Gasteiger partial charge in [0.25, 0.3) is 10.0 Å². The maximum atomic E-state index is 13.0. The summed E-state index contributed by atoms with van der Waals surface area (Å²) in [6, 6.07) is 6.96. The highest BCUT2D eigenvalue weighted by molar-refractivity contribution is 7.90. The van der Waals surface area contributed by atoms with Gasteiger partial charge >= 0.3 is 0 Å². The molecule has 0 bridgehead atoms. The average Bonchev–Trinajstić information content (AvgIpc) is 2.84. The van der Waals surface area contributed by atoms with E-state index in [4.69, 9.17) is 4.74 Å². The third kappa shape index (κ3) is 3.93. The first-order valence-corrected chi connectivity index (χ1v) is 9.32. The Morgan fingerprint density at radius 3 is 2.48 bits per heavy atom. The lowest BCUT2D eigenvalue weighted by molar-refractivity contribution is 0.298. The molecule has 1 heterocycles. The third-order valence-electron chi connectivity index (χ3n) is 3.58. The van der Waals surface area contributed by atoms with Gasteiger partial charge < -0.3 is 4.74 Å². The van der Waals surface area contributed by atoms with Crippen LogP contribution in [0.3, 0.4) is 0 Å². The van der Waals surface area contributed by atoms with Crippen LogP contribution in [0.2, 0.25) is 0 Å². The lowest BCUT2D eigenvalue weighted by atomic mass is 10.2. The predicted molar refractivity (Wildman–Crippen MR) is 90.5 cm³/mol. The number of hydrogen-bond acceptors (Lipinski definition) is 4. The molecule has 0 amide bonds. The van der Waals surface area contributed by atoms with Crippen molar-refractivity contribution in [2.75, 3.05) is 6.61 Å². The molecule has 0 aliphatic carbocycles. The molecule has 1 aromatic carbocycles. The van der Waals surface area contributed by atoms with Gasteiger partial charge in [-0.25, -0.2) is 0 Å². The van der Waals surface area contributed by atoms with Crippen LogP contribution < -0.4 is 4.74 Å². The van der Waals surface area contributed by atoms with E-state index >= 15 is 0 Å². The van der Waals surface area contributed by atoms with Crippen LogP contribution in [0.25, 0.3) is 0 Å². The van der Waals surface area contributed by atoms with E-state index < -0.39 is 10.0 Å². The molecule has 6 heteroatoms. The molecule has 0 radical (unpaired) electrons. The number of aryl methyl sites for hydroxylation is 3. The highest BCUT2D eigenvalue weighted by Gasteiger charge is 2.24. The van der Waals surface area contributed by atoms with E-state index in [0.29, 0.717) is 23.7 Å². The number of nitrogens with zero attached hydrogens (tertiary/aromatic N) is 2. The molecular weight excluding hydrogens is 312 g/mol. The third-order valence-corrected chi connectivity index (χ3v) is 5.28. The number of unbranched alkanes of at least 4 members (excludes halogenated alkanes) is 2. The molecule has 2 aromatic rings. The van der Waals surface area contributed by atoms with Crippen molar-refractivity contribution >= 4 is 10.0 Å². The normalized spacial score (nSPS) is 11.7. The fourth-order valence-electron chi connectivity index (χ4n) is 2.42. The topological polar surface area (TPSA) is 61.2 Å². The smallest absolute Gasteiger partial charge is 0.286 e. The second kappa shape index (κ2) is 7.17. The SMILES string of the molecule is CCCCCOc1ccc(C)cc1S(=O)(=O)n1nc(C)cc1C. The number of benzene rings is 1. The zero-order valence-electron chi connectivity index (χ0n) is 14.2. The molecule has 0 spiro atoms. The summed E-state index contributed by atoms with van der Waals surface area (Å²) in [5.74, 6) is 0.388. The van der Waals surface area contributed by atoms with Crippen molar-refractivity contribution in [2.24, 2.45) is 0 Å². The summed E-state index contributed by atoms with van der Waals surface area (Å²) in [4.78, 5) is 0.167. The second-order valence-electron chi connectivity index (χ2n) is 5.78. The van der Waals surface area contributed by atoms with Crippen LogP contribution in [0.15, 0.2) is 29.2 Å².